The van der Waals surface area contributed by atoms with Crippen LogP contribution in [0.15, 0.2) is 36.4 Å². The van der Waals surface area contributed by atoms with Crippen LogP contribution in [-0.2, 0) is 14.2 Å². The Morgan fingerprint density at radius 1 is 0.881 bits per heavy atom. The number of fused-ring (bicyclic) bond motifs is 1. The number of aliphatic hydroxyl groups excluding tert-OH is 6. The molecule has 42 heavy (non-hydrogen) atoms. The van der Waals surface area contributed by atoms with Crippen LogP contribution >= 0.6 is 0 Å². The van der Waals surface area contributed by atoms with E-state index in [4.69, 9.17) is 28.4 Å². The van der Waals surface area contributed by atoms with Gasteiger partial charge in [0.2, 0.25) is 6.29 Å². The van der Waals surface area contributed by atoms with Gasteiger partial charge < -0.3 is 64.2 Å². The molecule has 0 saturated carbocycles. The van der Waals surface area contributed by atoms with Crippen molar-refractivity contribution >= 4 is 5.78 Å². The fourth-order valence-corrected chi connectivity index (χ4v) is 5.20. The first-order valence-corrected chi connectivity index (χ1v) is 13.4. The van der Waals surface area contributed by atoms with Crippen LogP contribution in [0.25, 0.3) is 0 Å². The second kappa shape index (κ2) is 12.3. The van der Waals surface area contributed by atoms with Gasteiger partial charge in [0.15, 0.2) is 18.2 Å². The molecule has 11 atom stereocenters. The third-order valence-electron chi connectivity index (χ3n) is 7.64. The fourth-order valence-electron chi connectivity index (χ4n) is 5.20. The molecule has 0 radical (unpaired) electrons. The van der Waals surface area contributed by atoms with Gasteiger partial charge in [0.05, 0.1) is 26.2 Å². The minimum absolute atomic E-state index is 0.0200. The average Bonchev–Trinajstić information content (AvgIpc) is 2.97. The molecule has 2 saturated heterocycles. The molecule has 5 rings (SSSR count). The van der Waals surface area contributed by atoms with Gasteiger partial charge in [0.25, 0.3) is 0 Å². The van der Waals surface area contributed by atoms with E-state index >= 15 is 0 Å². The Bertz CT molecular complexity index is 1250. The van der Waals surface area contributed by atoms with E-state index in [0.29, 0.717) is 11.3 Å². The van der Waals surface area contributed by atoms with Crippen molar-refractivity contribution in [2.24, 2.45) is 0 Å². The number of benzene rings is 2. The van der Waals surface area contributed by atoms with E-state index in [-0.39, 0.29) is 29.3 Å². The third kappa shape index (κ3) is 5.77. The Labute approximate surface area is 240 Å². The molecule has 14 nitrogen and oxygen atoms in total. The zero-order valence-electron chi connectivity index (χ0n) is 22.7. The maximum Gasteiger partial charge on any atom is 0.229 e. The summed E-state index contributed by atoms with van der Waals surface area (Å²) in [6, 6.07) is 9.42. The number of aromatic hydroxyl groups is 1. The van der Waals surface area contributed by atoms with Crippen molar-refractivity contribution < 1.29 is 69.0 Å². The molecule has 14 heteroatoms. The van der Waals surface area contributed by atoms with E-state index in [1.807, 2.05) is 0 Å². The van der Waals surface area contributed by atoms with Crippen LogP contribution in [0.2, 0.25) is 0 Å². The number of hydrogen-bond acceptors (Lipinski definition) is 14. The molecular formula is C28H34O14. The molecule has 0 aliphatic carbocycles. The molecule has 0 aromatic heterocycles. The standard InChI is InChI=1S/C28H34O14/c1-11-21(32)23(34)25(36)27(38-11)42-26-24(35)22(33)19(10-29)41-28(26)39-14-7-15(30)20-16(31)9-17(40-18(20)8-14)12-3-5-13(37-2)6-4-12/h3-8,11,17,19,21-30,32-36H,9-10H2,1-2H3/t11-,17+,19+,21+,22-,23+,24-,25+,26-,27+,28-/m1/s1. The number of ketones is 1. The summed E-state index contributed by atoms with van der Waals surface area (Å²) >= 11 is 0. The minimum Gasteiger partial charge on any atom is -0.507 e. The van der Waals surface area contributed by atoms with Gasteiger partial charge in [0.1, 0.15) is 71.3 Å². The first-order valence-electron chi connectivity index (χ1n) is 13.4. The molecular weight excluding hydrogens is 560 g/mol. The van der Waals surface area contributed by atoms with Crippen LogP contribution in [0.3, 0.4) is 0 Å². The lowest BCUT2D eigenvalue weighted by Gasteiger charge is -2.45. The molecule has 3 aliphatic heterocycles. The van der Waals surface area contributed by atoms with Crippen molar-refractivity contribution in [3.63, 3.8) is 0 Å². The predicted octanol–water partition coefficient (Wildman–Crippen LogP) is -0.862. The molecule has 2 aromatic carbocycles. The number of methoxy groups -OCH3 is 1. The first-order chi connectivity index (χ1) is 20.0. The number of carbonyl (C=O) groups excluding carboxylic acids is 1. The molecule has 0 unspecified atom stereocenters. The SMILES string of the molecule is COc1ccc([C@@H]2CC(=O)c3c(O)cc(O[C@@H]4O[C@@H](CO)[C@@H](O)[C@@H](O)[C@H]4O[C@@H]4O[C@H](C)[C@H](O)[C@H](O)[C@@H]4O)cc3O2)cc1. The van der Waals surface area contributed by atoms with E-state index in [9.17, 15) is 40.5 Å². The van der Waals surface area contributed by atoms with Crippen LogP contribution < -0.4 is 14.2 Å². The highest BCUT2D eigenvalue weighted by molar-refractivity contribution is 6.02. The molecule has 3 heterocycles. The second-order valence-electron chi connectivity index (χ2n) is 10.4. The zero-order chi connectivity index (χ0) is 30.3. The lowest BCUT2D eigenvalue weighted by Crippen LogP contribution is -2.64. The Morgan fingerprint density at radius 3 is 2.26 bits per heavy atom. The molecule has 230 valence electrons. The van der Waals surface area contributed by atoms with Gasteiger partial charge >= 0.3 is 0 Å². The van der Waals surface area contributed by atoms with Crippen LogP contribution in [0.1, 0.15) is 35.4 Å². The monoisotopic (exact) mass is 594 g/mol. The molecule has 0 amide bonds. The normalized spacial score (nSPS) is 36.6. The van der Waals surface area contributed by atoms with E-state index < -0.39 is 79.9 Å². The van der Waals surface area contributed by atoms with Crippen molar-refractivity contribution in [3.8, 4) is 23.0 Å². The van der Waals surface area contributed by atoms with E-state index in [2.05, 4.69) is 0 Å². The summed E-state index contributed by atoms with van der Waals surface area (Å²) in [5.74, 6) is -0.244. The largest absolute Gasteiger partial charge is 0.507 e. The molecule has 0 spiro atoms. The number of carbonyl (C=O) groups is 1. The zero-order valence-corrected chi connectivity index (χ0v) is 22.7. The van der Waals surface area contributed by atoms with E-state index in [0.717, 1.165) is 6.07 Å². The Balaban J connectivity index is 1.40. The van der Waals surface area contributed by atoms with Crippen LogP contribution in [0, 0.1) is 0 Å². The number of phenols is 1. The number of Topliss-reactive ketones (excluding diaryl/α,β-unsaturated/α-hetero) is 1. The Kier molecular flexibility index (Phi) is 8.89. The molecule has 2 aromatic rings. The summed E-state index contributed by atoms with van der Waals surface area (Å²) in [5, 5.41) is 72.3. The van der Waals surface area contributed by atoms with Crippen molar-refractivity contribution in [2.75, 3.05) is 13.7 Å². The van der Waals surface area contributed by atoms with Gasteiger partial charge in [-0.15, -0.1) is 0 Å². The van der Waals surface area contributed by atoms with Gasteiger partial charge in [-0.1, -0.05) is 12.1 Å². The maximum absolute atomic E-state index is 12.9. The van der Waals surface area contributed by atoms with Crippen LogP contribution in [0.5, 0.6) is 23.0 Å². The first kappa shape index (κ1) is 30.4. The smallest absolute Gasteiger partial charge is 0.229 e. The predicted molar refractivity (Wildman–Crippen MR) is 139 cm³/mol. The summed E-state index contributed by atoms with van der Waals surface area (Å²) in [7, 11) is 1.53. The van der Waals surface area contributed by atoms with Gasteiger partial charge in [-0.25, -0.2) is 0 Å². The lowest BCUT2D eigenvalue weighted by atomic mass is 9.95. The van der Waals surface area contributed by atoms with Crippen molar-refractivity contribution in [1.82, 2.24) is 0 Å². The minimum atomic E-state index is -1.74. The number of hydrogen-bond donors (Lipinski definition) is 7. The quantitative estimate of drug-likeness (QED) is 0.208. The number of ether oxygens (including phenoxy) is 6. The number of rotatable bonds is 7. The van der Waals surface area contributed by atoms with Gasteiger partial charge in [-0.05, 0) is 24.6 Å². The summed E-state index contributed by atoms with van der Waals surface area (Å²) < 4.78 is 33.9. The van der Waals surface area contributed by atoms with Gasteiger partial charge in [0, 0.05) is 12.1 Å². The Hall–Kier alpha value is -3.05. The molecule has 0 bridgehead atoms. The van der Waals surface area contributed by atoms with E-state index in [1.165, 1.54) is 20.1 Å². The molecule has 7 N–H and O–H groups in total. The van der Waals surface area contributed by atoms with E-state index in [1.54, 1.807) is 24.3 Å². The van der Waals surface area contributed by atoms with Gasteiger partial charge in [-0.3, -0.25) is 4.79 Å². The van der Waals surface area contributed by atoms with Crippen LogP contribution in [-0.4, -0.2) is 117 Å². The van der Waals surface area contributed by atoms with Crippen molar-refractivity contribution in [1.29, 1.82) is 0 Å². The Morgan fingerprint density at radius 2 is 1.60 bits per heavy atom. The lowest BCUT2D eigenvalue weighted by molar-refractivity contribution is -0.354. The highest BCUT2D eigenvalue weighted by Crippen LogP contribution is 2.43. The molecule has 2 fully saturated rings. The van der Waals surface area contributed by atoms with Gasteiger partial charge in [-0.2, -0.15) is 0 Å². The number of phenolic OH excluding ortho intramolecular Hbond substituents is 1. The highest BCUT2D eigenvalue weighted by atomic mass is 16.8. The van der Waals surface area contributed by atoms with Crippen molar-refractivity contribution in [2.45, 2.75) is 80.9 Å². The summed E-state index contributed by atoms with van der Waals surface area (Å²) in [5.41, 5.74) is 0.647. The molecule has 3 aliphatic rings. The van der Waals surface area contributed by atoms with Crippen molar-refractivity contribution in [3.05, 3.63) is 47.5 Å². The fraction of sp³-hybridized carbons (Fsp3) is 0.536. The maximum atomic E-state index is 12.9. The summed E-state index contributed by atoms with van der Waals surface area (Å²) in [4.78, 5) is 12.9. The third-order valence-corrected chi connectivity index (χ3v) is 7.64. The average molecular weight is 595 g/mol. The highest BCUT2D eigenvalue weighted by Gasteiger charge is 2.51. The topological polar surface area (TPSA) is 214 Å². The second-order valence-corrected chi connectivity index (χ2v) is 10.4. The summed E-state index contributed by atoms with van der Waals surface area (Å²) in [6.45, 7) is 0.733. The number of aliphatic hydroxyl groups is 6. The van der Waals surface area contributed by atoms with Crippen LogP contribution in [0.4, 0.5) is 0 Å². The summed E-state index contributed by atoms with van der Waals surface area (Å²) in [6.07, 6.45) is -15.8.